The number of nitrogens with zero attached hydrogens (tertiary/aromatic N) is 1. The van der Waals surface area contributed by atoms with Crippen LogP contribution in [0.2, 0.25) is 0 Å². The van der Waals surface area contributed by atoms with Crippen molar-refractivity contribution in [3.05, 3.63) is 71.3 Å². The highest BCUT2D eigenvalue weighted by Gasteiger charge is 2.41. The van der Waals surface area contributed by atoms with Gasteiger partial charge in [0.15, 0.2) is 0 Å². The quantitative estimate of drug-likeness (QED) is 0.732. The lowest BCUT2D eigenvalue weighted by Crippen LogP contribution is -2.45. The molecule has 1 saturated carbocycles. The van der Waals surface area contributed by atoms with E-state index in [9.17, 15) is 5.11 Å². The molecule has 1 N–H and O–H groups in total. The third kappa shape index (κ3) is 5.03. The first-order valence-electron chi connectivity index (χ1n) is 10.3. The van der Waals surface area contributed by atoms with E-state index in [4.69, 9.17) is 4.74 Å². The Labute approximate surface area is 169 Å². The monoisotopic (exact) mass is 379 g/mol. The van der Waals surface area contributed by atoms with E-state index in [-0.39, 0.29) is 5.92 Å². The number of hydrogen-bond donors (Lipinski definition) is 1. The van der Waals surface area contributed by atoms with Crippen LogP contribution in [0.25, 0.3) is 6.08 Å². The maximum absolute atomic E-state index is 12.1. The molecule has 0 heterocycles. The Morgan fingerprint density at radius 1 is 1.07 bits per heavy atom. The molecule has 28 heavy (non-hydrogen) atoms. The van der Waals surface area contributed by atoms with Crippen LogP contribution in [0.1, 0.15) is 36.8 Å². The van der Waals surface area contributed by atoms with Gasteiger partial charge in [0.25, 0.3) is 0 Å². The second-order valence-corrected chi connectivity index (χ2v) is 8.23. The van der Waals surface area contributed by atoms with Crippen LogP contribution in [0.4, 0.5) is 0 Å². The Morgan fingerprint density at radius 2 is 1.79 bits per heavy atom. The van der Waals surface area contributed by atoms with Gasteiger partial charge in [-0.15, -0.1) is 0 Å². The summed E-state index contributed by atoms with van der Waals surface area (Å²) in [6.45, 7) is 0.888. The van der Waals surface area contributed by atoms with Crippen LogP contribution in [0.5, 0.6) is 5.75 Å². The van der Waals surface area contributed by atoms with Crippen LogP contribution >= 0.6 is 0 Å². The highest BCUT2D eigenvalue weighted by atomic mass is 16.5. The van der Waals surface area contributed by atoms with Gasteiger partial charge in [-0.25, -0.2) is 0 Å². The third-order valence-corrected chi connectivity index (χ3v) is 5.84. The van der Waals surface area contributed by atoms with Crippen LogP contribution in [-0.4, -0.2) is 43.4 Å². The number of methoxy groups -OCH3 is 1. The first-order chi connectivity index (χ1) is 13.5. The standard InChI is InChI=1S/C25H33NO2/c1-26(2)19-23-12-8-7-11-22(17-20-9-5-4-6-10-20)25(23,27)18-21-13-15-24(28-3)16-14-21/h4-6,9-10,13-17,23,27H,7-8,11-12,18-19H2,1-3H3. The van der Waals surface area contributed by atoms with Gasteiger partial charge < -0.3 is 14.7 Å². The Bertz CT molecular complexity index is 767. The van der Waals surface area contributed by atoms with Crippen molar-refractivity contribution in [1.29, 1.82) is 0 Å². The van der Waals surface area contributed by atoms with E-state index >= 15 is 0 Å². The van der Waals surface area contributed by atoms with Crippen LogP contribution < -0.4 is 4.74 Å². The SMILES string of the molecule is COc1ccc(CC2(O)C(=Cc3ccccc3)CCCCC2CN(C)C)cc1. The minimum atomic E-state index is -0.842. The summed E-state index contributed by atoms with van der Waals surface area (Å²) in [6, 6.07) is 18.5. The van der Waals surface area contributed by atoms with Gasteiger partial charge >= 0.3 is 0 Å². The summed E-state index contributed by atoms with van der Waals surface area (Å²) in [6.07, 6.45) is 7.15. The molecule has 1 aliphatic rings. The minimum absolute atomic E-state index is 0.210. The molecule has 2 aromatic rings. The molecule has 3 nitrogen and oxygen atoms in total. The largest absolute Gasteiger partial charge is 0.497 e. The predicted octanol–water partition coefficient (Wildman–Crippen LogP) is 4.80. The van der Waals surface area contributed by atoms with Crippen LogP contribution in [0.3, 0.4) is 0 Å². The maximum Gasteiger partial charge on any atom is 0.118 e. The number of benzene rings is 2. The van der Waals surface area contributed by atoms with Crippen molar-refractivity contribution in [2.24, 2.45) is 5.92 Å². The van der Waals surface area contributed by atoms with Gasteiger partial charge in [-0.1, -0.05) is 55.0 Å². The van der Waals surface area contributed by atoms with E-state index in [1.165, 1.54) is 5.57 Å². The third-order valence-electron chi connectivity index (χ3n) is 5.84. The summed E-state index contributed by atoms with van der Waals surface area (Å²) < 4.78 is 5.30. The Kier molecular flexibility index (Phi) is 6.93. The van der Waals surface area contributed by atoms with Crippen LogP contribution in [0, 0.1) is 5.92 Å². The Hall–Kier alpha value is -2.10. The van der Waals surface area contributed by atoms with Crippen LogP contribution in [-0.2, 0) is 6.42 Å². The lowest BCUT2D eigenvalue weighted by molar-refractivity contribution is 0.00516. The van der Waals surface area contributed by atoms with E-state index < -0.39 is 5.60 Å². The van der Waals surface area contributed by atoms with Gasteiger partial charge in [-0.05, 0) is 62.2 Å². The highest BCUT2D eigenvalue weighted by molar-refractivity contribution is 5.56. The van der Waals surface area contributed by atoms with Gasteiger partial charge in [0, 0.05) is 18.9 Å². The van der Waals surface area contributed by atoms with E-state index in [0.717, 1.165) is 49.1 Å². The van der Waals surface area contributed by atoms with Crippen molar-refractivity contribution < 1.29 is 9.84 Å². The number of hydrogen-bond acceptors (Lipinski definition) is 3. The lowest BCUT2D eigenvalue weighted by atomic mass is 9.75. The normalized spacial score (nSPS) is 24.3. The number of rotatable bonds is 6. The zero-order valence-electron chi connectivity index (χ0n) is 17.4. The van der Waals surface area contributed by atoms with E-state index in [2.05, 4.69) is 61.5 Å². The Balaban J connectivity index is 2.00. The minimum Gasteiger partial charge on any atom is -0.497 e. The zero-order valence-corrected chi connectivity index (χ0v) is 17.4. The van der Waals surface area contributed by atoms with Crippen molar-refractivity contribution in [2.75, 3.05) is 27.7 Å². The fourth-order valence-electron chi connectivity index (χ4n) is 4.37. The van der Waals surface area contributed by atoms with Crippen molar-refractivity contribution >= 4 is 6.08 Å². The molecular weight excluding hydrogens is 346 g/mol. The average molecular weight is 380 g/mol. The van der Waals surface area contributed by atoms with E-state index in [0.29, 0.717) is 6.42 Å². The topological polar surface area (TPSA) is 32.7 Å². The highest BCUT2D eigenvalue weighted by Crippen LogP contribution is 2.40. The van der Waals surface area contributed by atoms with Crippen molar-refractivity contribution in [2.45, 2.75) is 37.7 Å². The van der Waals surface area contributed by atoms with Crippen LogP contribution in [0.15, 0.2) is 60.2 Å². The second kappa shape index (κ2) is 9.40. The first kappa shape index (κ1) is 20.6. The molecule has 0 saturated heterocycles. The van der Waals surface area contributed by atoms with Gasteiger partial charge in [0.2, 0.25) is 0 Å². The second-order valence-electron chi connectivity index (χ2n) is 8.23. The van der Waals surface area contributed by atoms with Crippen molar-refractivity contribution in [3.8, 4) is 5.75 Å². The summed E-state index contributed by atoms with van der Waals surface area (Å²) in [7, 11) is 5.88. The maximum atomic E-state index is 12.1. The fourth-order valence-corrected chi connectivity index (χ4v) is 4.37. The molecule has 3 heteroatoms. The predicted molar refractivity (Wildman–Crippen MR) is 117 cm³/mol. The summed E-state index contributed by atoms with van der Waals surface area (Å²) in [4.78, 5) is 2.20. The van der Waals surface area contributed by atoms with Gasteiger partial charge in [-0.3, -0.25) is 0 Å². The lowest BCUT2D eigenvalue weighted by Gasteiger charge is -2.39. The summed E-state index contributed by atoms with van der Waals surface area (Å²) in [5, 5.41) is 12.1. The molecule has 3 rings (SSSR count). The van der Waals surface area contributed by atoms with Crippen molar-refractivity contribution in [3.63, 3.8) is 0 Å². The molecule has 0 aromatic heterocycles. The summed E-state index contributed by atoms with van der Waals surface area (Å²) in [5.41, 5.74) is 2.63. The molecule has 1 aliphatic carbocycles. The average Bonchev–Trinajstić information content (AvgIpc) is 2.83. The molecule has 2 atom stereocenters. The summed E-state index contributed by atoms with van der Waals surface area (Å²) in [5.74, 6) is 1.06. The number of aliphatic hydroxyl groups is 1. The van der Waals surface area contributed by atoms with Gasteiger partial charge in [0.05, 0.1) is 12.7 Å². The first-order valence-corrected chi connectivity index (χ1v) is 10.3. The van der Waals surface area contributed by atoms with Crippen molar-refractivity contribution in [1.82, 2.24) is 4.90 Å². The Morgan fingerprint density at radius 3 is 2.43 bits per heavy atom. The van der Waals surface area contributed by atoms with Gasteiger partial charge in [-0.2, -0.15) is 0 Å². The molecule has 0 aliphatic heterocycles. The molecule has 0 bridgehead atoms. The molecule has 2 unspecified atom stereocenters. The molecule has 2 aromatic carbocycles. The summed E-state index contributed by atoms with van der Waals surface area (Å²) >= 11 is 0. The van der Waals surface area contributed by atoms with Gasteiger partial charge in [0.1, 0.15) is 5.75 Å². The smallest absolute Gasteiger partial charge is 0.118 e. The zero-order chi connectivity index (χ0) is 20.0. The molecule has 150 valence electrons. The molecule has 0 amide bonds. The molecule has 0 radical (unpaired) electrons. The number of ether oxygens (including phenoxy) is 1. The molecule has 1 fully saturated rings. The fraction of sp³-hybridized carbons (Fsp3) is 0.440. The molecular formula is C25H33NO2. The molecule has 0 spiro atoms. The van der Waals surface area contributed by atoms with E-state index in [1.54, 1.807) is 7.11 Å². The van der Waals surface area contributed by atoms with E-state index in [1.807, 2.05) is 18.2 Å².